The Bertz CT molecular complexity index is 2460. The molecule has 0 bridgehead atoms. The zero-order chi connectivity index (χ0) is 29.0. The van der Waals surface area contributed by atoms with E-state index in [2.05, 4.69) is 168 Å². The highest BCUT2D eigenvalue weighted by Crippen LogP contribution is 2.39. The number of para-hydroxylation sites is 1. The molecule has 0 N–H and O–H groups in total. The SMILES string of the molecule is c1ccc(-c2cccc3c2c2ccccc2n3-c2ccc(-c3ccc(-c4ccc5sc6ccccc6c5c4)cc3)cc2)cc1. The first-order valence-corrected chi connectivity index (χ1v) is 15.8. The van der Waals surface area contributed by atoms with Crippen molar-refractivity contribution < 1.29 is 0 Å². The van der Waals surface area contributed by atoms with Gasteiger partial charge in [0.25, 0.3) is 0 Å². The van der Waals surface area contributed by atoms with Crippen molar-refractivity contribution in [1.82, 2.24) is 4.57 Å². The van der Waals surface area contributed by atoms with Crippen LogP contribution in [0.5, 0.6) is 0 Å². The number of fused-ring (bicyclic) bond motifs is 6. The van der Waals surface area contributed by atoms with Crippen molar-refractivity contribution in [3.8, 4) is 39.1 Å². The molecular weight excluding hydrogens is 551 g/mol. The van der Waals surface area contributed by atoms with Gasteiger partial charge in [0.2, 0.25) is 0 Å². The van der Waals surface area contributed by atoms with Crippen LogP contribution in [0.15, 0.2) is 164 Å². The lowest BCUT2D eigenvalue weighted by Crippen LogP contribution is -1.93. The molecule has 0 saturated carbocycles. The molecular formula is C42H27NS. The lowest BCUT2D eigenvalue weighted by Gasteiger charge is -2.10. The second kappa shape index (κ2) is 10.1. The summed E-state index contributed by atoms with van der Waals surface area (Å²) in [5, 5.41) is 5.24. The molecule has 0 saturated heterocycles. The van der Waals surface area contributed by atoms with Gasteiger partial charge in [0.05, 0.1) is 11.0 Å². The summed E-state index contributed by atoms with van der Waals surface area (Å²) in [6, 6.07) is 59.6. The van der Waals surface area contributed by atoms with Crippen molar-refractivity contribution in [3.63, 3.8) is 0 Å². The van der Waals surface area contributed by atoms with E-state index in [1.54, 1.807) is 0 Å². The van der Waals surface area contributed by atoms with Crippen molar-refractivity contribution in [2.75, 3.05) is 0 Å². The molecule has 1 nitrogen and oxygen atoms in total. The second-order valence-corrected chi connectivity index (χ2v) is 12.4. The highest BCUT2D eigenvalue weighted by molar-refractivity contribution is 7.25. The lowest BCUT2D eigenvalue weighted by atomic mass is 9.99. The summed E-state index contributed by atoms with van der Waals surface area (Å²) in [4.78, 5) is 0. The minimum absolute atomic E-state index is 1.16. The van der Waals surface area contributed by atoms with Crippen molar-refractivity contribution in [2.24, 2.45) is 0 Å². The normalized spacial score (nSPS) is 11.6. The van der Waals surface area contributed by atoms with Crippen LogP contribution in [0.2, 0.25) is 0 Å². The summed E-state index contributed by atoms with van der Waals surface area (Å²) in [5.74, 6) is 0. The third kappa shape index (κ3) is 4.00. The molecule has 7 aromatic carbocycles. The monoisotopic (exact) mass is 577 g/mol. The molecule has 2 heteroatoms. The molecule has 0 aliphatic rings. The molecule has 0 unspecified atom stereocenters. The smallest absolute Gasteiger partial charge is 0.0547 e. The van der Waals surface area contributed by atoms with Crippen LogP contribution in [-0.4, -0.2) is 4.57 Å². The van der Waals surface area contributed by atoms with E-state index in [4.69, 9.17) is 0 Å². The van der Waals surface area contributed by atoms with Gasteiger partial charge in [0.1, 0.15) is 0 Å². The molecule has 2 heterocycles. The molecule has 0 atom stereocenters. The first-order chi connectivity index (χ1) is 21.8. The first-order valence-electron chi connectivity index (χ1n) is 15.0. The molecule has 0 radical (unpaired) electrons. The first kappa shape index (κ1) is 25.1. The van der Waals surface area contributed by atoms with Crippen molar-refractivity contribution in [2.45, 2.75) is 0 Å². The van der Waals surface area contributed by atoms with Crippen LogP contribution < -0.4 is 0 Å². The number of hydrogen-bond donors (Lipinski definition) is 0. The standard InChI is InChI=1S/C42H27NS/c1-2-9-31(10-3-1)34-13-8-15-39-42(34)36-12-4-6-14-38(36)43(39)33-24-21-29(22-25-33)28-17-19-30(20-18-28)32-23-26-41-37(27-32)35-11-5-7-16-40(35)44-41/h1-27H. The third-order valence-electron chi connectivity index (χ3n) is 8.84. The average molecular weight is 578 g/mol. The van der Waals surface area contributed by atoms with Gasteiger partial charge in [0, 0.05) is 36.6 Å². The van der Waals surface area contributed by atoms with Crippen LogP contribution in [-0.2, 0) is 0 Å². The topological polar surface area (TPSA) is 4.93 Å². The maximum Gasteiger partial charge on any atom is 0.0547 e. The number of rotatable bonds is 4. The van der Waals surface area contributed by atoms with Gasteiger partial charge in [-0.2, -0.15) is 0 Å². The molecule has 9 aromatic rings. The van der Waals surface area contributed by atoms with Crippen LogP contribution in [0, 0.1) is 0 Å². The van der Waals surface area contributed by atoms with Crippen LogP contribution in [0.25, 0.3) is 81.0 Å². The Balaban J connectivity index is 1.08. The number of hydrogen-bond acceptors (Lipinski definition) is 1. The number of thiophene rings is 1. The quantitative estimate of drug-likeness (QED) is 0.196. The van der Waals surface area contributed by atoms with E-state index >= 15 is 0 Å². The molecule has 0 fully saturated rings. The number of nitrogens with zero attached hydrogens (tertiary/aromatic N) is 1. The predicted octanol–water partition coefficient (Wildman–Crippen LogP) is 12.2. The summed E-state index contributed by atoms with van der Waals surface area (Å²) < 4.78 is 5.08. The molecule has 0 amide bonds. The lowest BCUT2D eigenvalue weighted by molar-refractivity contribution is 1.18. The van der Waals surface area contributed by atoms with Gasteiger partial charge in [-0.15, -0.1) is 11.3 Å². The Hall–Kier alpha value is -5.44. The third-order valence-corrected chi connectivity index (χ3v) is 9.99. The summed E-state index contributed by atoms with van der Waals surface area (Å²) in [6.07, 6.45) is 0. The van der Waals surface area contributed by atoms with Gasteiger partial charge in [-0.1, -0.05) is 121 Å². The molecule has 44 heavy (non-hydrogen) atoms. The number of aromatic nitrogens is 1. The fourth-order valence-electron chi connectivity index (χ4n) is 6.72. The molecule has 2 aromatic heterocycles. The Kier molecular flexibility index (Phi) is 5.75. The Labute approximate surface area is 259 Å². The summed E-state index contributed by atoms with van der Waals surface area (Å²) in [7, 11) is 0. The van der Waals surface area contributed by atoms with E-state index in [1.807, 2.05) is 11.3 Å². The summed E-state index contributed by atoms with van der Waals surface area (Å²) in [5.41, 5.74) is 11.0. The van der Waals surface area contributed by atoms with Crippen molar-refractivity contribution in [1.29, 1.82) is 0 Å². The Morgan fingerprint density at radius 2 is 0.955 bits per heavy atom. The maximum absolute atomic E-state index is 2.40. The predicted molar refractivity (Wildman–Crippen MR) is 190 cm³/mol. The largest absolute Gasteiger partial charge is 0.309 e. The van der Waals surface area contributed by atoms with Gasteiger partial charge in [0.15, 0.2) is 0 Å². The van der Waals surface area contributed by atoms with Crippen molar-refractivity contribution in [3.05, 3.63) is 164 Å². The van der Waals surface area contributed by atoms with E-state index in [0.29, 0.717) is 0 Å². The molecule has 0 aliphatic carbocycles. The van der Waals surface area contributed by atoms with Gasteiger partial charge in [-0.3, -0.25) is 0 Å². The average Bonchev–Trinajstić information content (AvgIpc) is 3.64. The highest BCUT2D eigenvalue weighted by atomic mass is 32.1. The summed E-state index contributed by atoms with van der Waals surface area (Å²) >= 11 is 1.86. The zero-order valence-corrected chi connectivity index (χ0v) is 24.8. The van der Waals surface area contributed by atoms with Crippen LogP contribution in [0.4, 0.5) is 0 Å². The molecule has 206 valence electrons. The van der Waals surface area contributed by atoms with Crippen LogP contribution in [0.1, 0.15) is 0 Å². The van der Waals surface area contributed by atoms with Crippen LogP contribution >= 0.6 is 11.3 Å². The minimum Gasteiger partial charge on any atom is -0.309 e. The van der Waals surface area contributed by atoms with Gasteiger partial charge < -0.3 is 4.57 Å². The second-order valence-electron chi connectivity index (χ2n) is 11.4. The van der Waals surface area contributed by atoms with Crippen LogP contribution in [0.3, 0.4) is 0 Å². The van der Waals surface area contributed by atoms with Gasteiger partial charge >= 0.3 is 0 Å². The van der Waals surface area contributed by atoms with Gasteiger partial charge in [-0.25, -0.2) is 0 Å². The Morgan fingerprint density at radius 3 is 1.75 bits per heavy atom. The van der Waals surface area contributed by atoms with E-state index < -0.39 is 0 Å². The Morgan fingerprint density at radius 1 is 0.364 bits per heavy atom. The van der Waals surface area contributed by atoms with E-state index in [0.717, 1.165) is 5.69 Å². The maximum atomic E-state index is 2.40. The molecule has 0 spiro atoms. The van der Waals surface area contributed by atoms with E-state index in [9.17, 15) is 0 Å². The van der Waals surface area contributed by atoms with E-state index in [-0.39, 0.29) is 0 Å². The minimum atomic E-state index is 1.16. The van der Waals surface area contributed by atoms with E-state index in [1.165, 1.54) is 75.4 Å². The zero-order valence-electron chi connectivity index (χ0n) is 23.9. The van der Waals surface area contributed by atoms with Crippen molar-refractivity contribution >= 4 is 53.3 Å². The summed E-state index contributed by atoms with van der Waals surface area (Å²) in [6.45, 7) is 0. The fourth-order valence-corrected chi connectivity index (χ4v) is 7.81. The molecule has 9 rings (SSSR count). The number of benzene rings is 7. The fraction of sp³-hybridized carbons (Fsp3) is 0. The molecule has 0 aliphatic heterocycles. The highest BCUT2D eigenvalue weighted by Gasteiger charge is 2.16. The van der Waals surface area contributed by atoms with Gasteiger partial charge in [-0.05, 0) is 75.8 Å².